The van der Waals surface area contributed by atoms with Crippen LogP contribution in [0.1, 0.15) is 6.92 Å². The zero-order valence-electron chi connectivity index (χ0n) is 8.61. The van der Waals surface area contributed by atoms with E-state index >= 15 is 0 Å². The topological polar surface area (TPSA) is 62.3 Å². The number of nitrogens with zero attached hydrogens (tertiary/aromatic N) is 2. The molecule has 2 heterocycles. The summed E-state index contributed by atoms with van der Waals surface area (Å²) >= 11 is 3.35. The van der Waals surface area contributed by atoms with Gasteiger partial charge in [0.25, 0.3) is 0 Å². The number of carbonyl (C=O) groups is 2. The Hall–Kier alpha value is -1.43. The highest BCUT2D eigenvalue weighted by molar-refractivity contribution is 9.10. The Morgan fingerprint density at radius 1 is 1.56 bits per heavy atom. The predicted octanol–water partition coefficient (Wildman–Crippen LogP) is 0.695. The number of carbonyl (C=O) groups excluding carboxylic acids is 2. The van der Waals surface area contributed by atoms with Gasteiger partial charge in [0.1, 0.15) is 6.04 Å². The van der Waals surface area contributed by atoms with Crippen molar-refractivity contribution in [2.45, 2.75) is 13.0 Å². The first-order valence-corrected chi connectivity index (χ1v) is 5.58. The van der Waals surface area contributed by atoms with Crippen LogP contribution >= 0.6 is 15.9 Å². The quantitative estimate of drug-likeness (QED) is 0.771. The van der Waals surface area contributed by atoms with Crippen LogP contribution in [0.5, 0.6) is 0 Å². The molecule has 1 aromatic rings. The number of imide groups is 1. The van der Waals surface area contributed by atoms with Crippen LogP contribution in [0.3, 0.4) is 0 Å². The summed E-state index contributed by atoms with van der Waals surface area (Å²) in [4.78, 5) is 28.5. The number of amides is 2. The molecule has 0 aliphatic carbocycles. The monoisotopic (exact) mass is 283 g/mol. The fraction of sp³-hybridized carbons (Fsp3) is 0.300. The Kier molecular flexibility index (Phi) is 2.91. The van der Waals surface area contributed by atoms with E-state index in [4.69, 9.17) is 0 Å². The van der Waals surface area contributed by atoms with Gasteiger partial charge in [-0.15, -0.1) is 0 Å². The van der Waals surface area contributed by atoms with E-state index < -0.39 is 0 Å². The van der Waals surface area contributed by atoms with Crippen LogP contribution in [-0.4, -0.2) is 29.4 Å². The maximum Gasteiger partial charge on any atom is 0.249 e. The molecule has 1 fully saturated rings. The minimum Gasteiger partial charge on any atom is -0.349 e. The number of pyridine rings is 1. The summed E-state index contributed by atoms with van der Waals surface area (Å²) < 4.78 is 0.768. The molecule has 0 bridgehead atoms. The molecular weight excluding hydrogens is 274 g/mol. The third-order valence-corrected chi connectivity index (χ3v) is 3.09. The van der Waals surface area contributed by atoms with Gasteiger partial charge in [0, 0.05) is 12.4 Å². The second-order valence-electron chi connectivity index (χ2n) is 3.54. The summed E-state index contributed by atoms with van der Waals surface area (Å²) in [5, 5.41) is 2.30. The van der Waals surface area contributed by atoms with Crippen LogP contribution < -0.4 is 10.2 Å². The van der Waals surface area contributed by atoms with Gasteiger partial charge in [-0.1, -0.05) is 0 Å². The highest BCUT2D eigenvalue weighted by atomic mass is 79.9. The Labute approximate surface area is 101 Å². The van der Waals surface area contributed by atoms with Crippen molar-refractivity contribution in [3.05, 3.63) is 22.9 Å². The largest absolute Gasteiger partial charge is 0.349 e. The smallest absolute Gasteiger partial charge is 0.249 e. The van der Waals surface area contributed by atoms with Gasteiger partial charge in [-0.25, -0.2) is 0 Å². The minimum absolute atomic E-state index is 0.176. The van der Waals surface area contributed by atoms with Crippen molar-refractivity contribution in [1.29, 1.82) is 0 Å². The average molecular weight is 284 g/mol. The van der Waals surface area contributed by atoms with Gasteiger partial charge in [0.15, 0.2) is 0 Å². The van der Waals surface area contributed by atoms with E-state index in [1.54, 1.807) is 30.3 Å². The van der Waals surface area contributed by atoms with Crippen molar-refractivity contribution in [2.75, 3.05) is 11.4 Å². The molecule has 0 spiro atoms. The molecule has 1 unspecified atom stereocenters. The second kappa shape index (κ2) is 4.21. The average Bonchev–Trinajstić information content (AvgIpc) is 2.24. The van der Waals surface area contributed by atoms with Crippen LogP contribution in [0.4, 0.5) is 5.69 Å². The predicted molar refractivity (Wildman–Crippen MR) is 61.9 cm³/mol. The van der Waals surface area contributed by atoms with Crippen molar-refractivity contribution in [3.63, 3.8) is 0 Å². The Morgan fingerprint density at radius 3 is 3.00 bits per heavy atom. The molecule has 1 aliphatic heterocycles. The van der Waals surface area contributed by atoms with Crippen molar-refractivity contribution < 1.29 is 9.59 Å². The first kappa shape index (κ1) is 11.1. The van der Waals surface area contributed by atoms with Crippen molar-refractivity contribution >= 4 is 33.4 Å². The number of nitrogens with one attached hydrogen (secondary N) is 1. The molecule has 5 nitrogen and oxygen atoms in total. The molecule has 1 aliphatic rings. The fourth-order valence-electron chi connectivity index (χ4n) is 1.61. The number of piperazine rings is 1. The minimum atomic E-state index is -0.364. The summed E-state index contributed by atoms with van der Waals surface area (Å²) in [7, 11) is 0. The summed E-state index contributed by atoms with van der Waals surface area (Å²) in [5.41, 5.74) is 0.797. The van der Waals surface area contributed by atoms with E-state index in [1.807, 2.05) is 0 Å². The van der Waals surface area contributed by atoms with Crippen molar-refractivity contribution in [3.8, 4) is 0 Å². The standard InChI is InChI=1S/C10H10BrN3O2/c1-6-10(16)13-9(15)5-14(6)8-2-3-12-4-7(8)11/h2-4,6H,5H2,1H3,(H,13,15,16). The second-order valence-corrected chi connectivity index (χ2v) is 4.40. The maximum absolute atomic E-state index is 11.5. The third kappa shape index (κ3) is 1.92. The lowest BCUT2D eigenvalue weighted by Gasteiger charge is -2.33. The lowest BCUT2D eigenvalue weighted by molar-refractivity contribution is -0.132. The summed E-state index contributed by atoms with van der Waals surface area (Å²) in [6, 6.07) is 1.41. The number of halogens is 1. The number of hydrogen-bond donors (Lipinski definition) is 1. The normalized spacial score (nSPS) is 20.9. The van der Waals surface area contributed by atoms with Gasteiger partial charge in [0.05, 0.1) is 16.7 Å². The highest BCUT2D eigenvalue weighted by Gasteiger charge is 2.31. The van der Waals surface area contributed by atoms with Crippen LogP contribution in [0.15, 0.2) is 22.9 Å². The SMILES string of the molecule is CC1C(=O)NC(=O)CN1c1ccncc1Br. The Balaban J connectivity index is 2.36. The molecule has 1 N–H and O–H groups in total. The summed E-state index contributed by atoms with van der Waals surface area (Å²) in [6.45, 7) is 1.93. The summed E-state index contributed by atoms with van der Waals surface area (Å²) in [5.74, 6) is -0.563. The maximum atomic E-state index is 11.5. The molecule has 16 heavy (non-hydrogen) atoms. The molecule has 2 amide bonds. The Bertz CT molecular complexity index is 449. The first-order valence-electron chi connectivity index (χ1n) is 4.79. The molecule has 1 atom stereocenters. The molecule has 1 saturated heterocycles. The van der Waals surface area contributed by atoms with Crippen LogP contribution in [0.2, 0.25) is 0 Å². The van der Waals surface area contributed by atoms with Crippen molar-refractivity contribution in [2.24, 2.45) is 0 Å². The first-order chi connectivity index (χ1) is 7.59. The third-order valence-electron chi connectivity index (χ3n) is 2.48. The molecule has 0 saturated carbocycles. The van der Waals surface area contributed by atoms with Gasteiger partial charge < -0.3 is 4.90 Å². The molecule has 0 aromatic carbocycles. The van der Waals surface area contributed by atoms with E-state index in [9.17, 15) is 9.59 Å². The van der Waals surface area contributed by atoms with Gasteiger partial charge in [0.2, 0.25) is 11.8 Å². The lowest BCUT2D eigenvalue weighted by Crippen LogP contribution is -2.57. The van der Waals surface area contributed by atoms with E-state index in [0.717, 1.165) is 10.2 Å². The zero-order valence-corrected chi connectivity index (χ0v) is 10.2. The molecule has 84 valence electrons. The van der Waals surface area contributed by atoms with E-state index in [0.29, 0.717) is 0 Å². The van der Waals surface area contributed by atoms with E-state index in [2.05, 4.69) is 26.2 Å². The molecule has 2 rings (SSSR count). The number of aromatic nitrogens is 1. The van der Waals surface area contributed by atoms with Gasteiger partial charge >= 0.3 is 0 Å². The van der Waals surface area contributed by atoms with Gasteiger partial charge in [-0.2, -0.15) is 0 Å². The molecule has 0 radical (unpaired) electrons. The summed E-state index contributed by atoms with van der Waals surface area (Å²) in [6.07, 6.45) is 3.27. The highest BCUT2D eigenvalue weighted by Crippen LogP contribution is 2.27. The van der Waals surface area contributed by atoms with Crippen LogP contribution in [0, 0.1) is 0 Å². The number of rotatable bonds is 1. The van der Waals surface area contributed by atoms with Gasteiger partial charge in [-0.05, 0) is 28.9 Å². The lowest BCUT2D eigenvalue weighted by atomic mass is 10.2. The zero-order chi connectivity index (χ0) is 11.7. The van der Waals surface area contributed by atoms with E-state index in [-0.39, 0.29) is 24.4 Å². The number of hydrogen-bond acceptors (Lipinski definition) is 4. The molecular formula is C10H10BrN3O2. The molecule has 1 aromatic heterocycles. The molecule has 6 heteroatoms. The van der Waals surface area contributed by atoms with Crippen LogP contribution in [0.25, 0.3) is 0 Å². The number of anilines is 1. The fourth-order valence-corrected chi connectivity index (χ4v) is 2.09. The van der Waals surface area contributed by atoms with Crippen LogP contribution in [-0.2, 0) is 9.59 Å². The van der Waals surface area contributed by atoms with Gasteiger partial charge in [-0.3, -0.25) is 19.9 Å². The van der Waals surface area contributed by atoms with E-state index in [1.165, 1.54) is 0 Å². The Morgan fingerprint density at radius 2 is 2.31 bits per heavy atom. The van der Waals surface area contributed by atoms with Crippen molar-refractivity contribution in [1.82, 2.24) is 10.3 Å².